The highest BCUT2D eigenvalue weighted by molar-refractivity contribution is 7.97. The van der Waals surface area contributed by atoms with Crippen molar-refractivity contribution < 1.29 is 53.9 Å². The Morgan fingerprint density at radius 3 is 1.35 bits per heavy atom. The van der Waals surface area contributed by atoms with Crippen LogP contribution in [0.1, 0.15) is 38.5 Å². The lowest BCUT2D eigenvalue weighted by Gasteiger charge is -2.23. The van der Waals surface area contributed by atoms with Gasteiger partial charge >= 0.3 is 0 Å². The molecule has 0 spiro atoms. The van der Waals surface area contributed by atoms with Crippen LogP contribution in [0.25, 0.3) is 0 Å². The highest BCUT2D eigenvalue weighted by Crippen LogP contribution is 2.34. The smallest absolute Gasteiger partial charge is 0.200 e. The zero-order valence-corrected chi connectivity index (χ0v) is 27.0. The summed E-state index contributed by atoms with van der Waals surface area (Å²) in [6.45, 7) is 1.57. The summed E-state index contributed by atoms with van der Waals surface area (Å²) in [6, 6.07) is 27.6. The molecule has 2 fully saturated rings. The Morgan fingerprint density at radius 1 is 0.583 bits per heavy atom. The van der Waals surface area contributed by atoms with Crippen molar-refractivity contribution in [1.29, 1.82) is 0 Å². The number of halogens is 5. The quantitative estimate of drug-likeness (QED) is 0.0604. The van der Waals surface area contributed by atoms with E-state index in [1.165, 1.54) is 14.7 Å². The maximum Gasteiger partial charge on any atom is 0.200 e. The van der Waals surface area contributed by atoms with Crippen LogP contribution in [0.3, 0.4) is 0 Å². The zero-order chi connectivity index (χ0) is 34.3. The molecule has 14 heteroatoms. The second kappa shape index (κ2) is 16.1. The Hall–Kier alpha value is -3.69. The van der Waals surface area contributed by atoms with Crippen molar-refractivity contribution in [2.75, 3.05) is 13.2 Å². The summed E-state index contributed by atoms with van der Waals surface area (Å²) >= 11 is 0. The van der Waals surface area contributed by atoms with Crippen molar-refractivity contribution in [3.05, 3.63) is 108 Å². The number of hydrogen-bond donors (Lipinski definition) is 0. The summed E-state index contributed by atoms with van der Waals surface area (Å²) in [6.07, 6.45) is 6.22. The lowest BCUT2D eigenvalue weighted by atomic mass is 10.2. The minimum absolute atomic E-state index is 0.127. The van der Waals surface area contributed by atoms with Crippen molar-refractivity contribution in [3.63, 3.8) is 0 Å². The van der Waals surface area contributed by atoms with Gasteiger partial charge < -0.3 is 23.5 Å². The van der Waals surface area contributed by atoms with Gasteiger partial charge in [-0.15, -0.1) is 0 Å². The maximum atomic E-state index is 12.6. The topological polar surface area (TPSA) is 94.1 Å². The van der Waals surface area contributed by atoms with Crippen LogP contribution in [-0.4, -0.2) is 38.8 Å². The summed E-state index contributed by atoms with van der Waals surface area (Å²) in [7, 11) is -5.99. The molecule has 7 nitrogen and oxygen atoms in total. The normalized spacial score (nSPS) is 18.7. The third-order valence-corrected chi connectivity index (χ3v) is 10.4. The van der Waals surface area contributed by atoms with Crippen LogP contribution in [0.2, 0.25) is 0 Å². The fourth-order valence-corrected chi connectivity index (χ4v) is 7.67. The average molecular weight is 711 g/mol. The van der Waals surface area contributed by atoms with Crippen LogP contribution >= 0.6 is 0 Å². The van der Waals surface area contributed by atoms with E-state index in [2.05, 4.69) is 78.9 Å². The van der Waals surface area contributed by atoms with Gasteiger partial charge in [0.2, 0.25) is 5.82 Å². The summed E-state index contributed by atoms with van der Waals surface area (Å²) in [4.78, 5) is 1.41. The Labute approximate surface area is 277 Å². The van der Waals surface area contributed by atoms with Gasteiger partial charge in [0, 0.05) is 12.8 Å². The van der Waals surface area contributed by atoms with Crippen molar-refractivity contribution in [1.82, 2.24) is 0 Å². The van der Waals surface area contributed by atoms with Crippen LogP contribution in [0, 0.1) is 29.1 Å². The number of benzene rings is 4. The second-order valence-electron chi connectivity index (χ2n) is 10.7. The summed E-state index contributed by atoms with van der Waals surface area (Å²) in [5.41, 5.74) is 0. The fourth-order valence-electron chi connectivity index (χ4n) is 4.99. The monoisotopic (exact) mass is 710 g/mol. The van der Waals surface area contributed by atoms with Gasteiger partial charge in [0.1, 0.15) is 26.5 Å². The molecule has 2 saturated heterocycles. The Kier molecular flexibility index (Phi) is 12.0. The van der Waals surface area contributed by atoms with E-state index in [-0.39, 0.29) is 23.5 Å². The highest BCUT2D eigenvalue weighted by Gasteiger charge is 2.30. The molecular formula is C34H31F5O7S2. The van der Waals surface area contributed by atoms with Gasteiger partial charge in [-0.3, -0.25) is 0 Å². The van der Waals surface area contributed by atoms with E-state index in [1.807, 2.05) is 0 Å². The van der Waals surface area contributed by atoms with Gasteiger partial charge in [-0.2, -0.15) is 0 Å². The summed E-state index contributed by atoms with van der Waals surface area (Å²) in [5.74, 6) is -11.1. The minimum Gasteiger partial charge on any atom is -0.744 e. The van der Waals surface area contributed by atoms with E-state index < -0.39 is 44.1 Å². The molecule has 256 valence electrons. The van der Waals surface area contributed by atoms with E-state index in [0.717, 1.165) is 63.2 Å². The molecule has 4 aromatic rings. The van der Waals surface area contributed by atoms with Crippen LogP contribution in [0.5, 0.6) is 11.5 Å². The van der Waals surface area contributed by atoms with Gasteiger partial charge in [-0.1, -0.05) is 18.2 Å². The maximum absolute atomic E-state index is 12.6. The molecule has 48 heavy (non-hydrogen) atoms. The summed E-state index contributed by atoms with van der Waals surface area (Å²) < 4.78 is 116. The predicted octanol–water partition coefficient (Wildman–Crippen LogP) is 7.88. The first kappa shape index (κ1) is 35.6. The molecule has 0 N–H and O–H groups in total. The van der Waals surface area contributed by atoms with Gasteiger partial charge in [0.15, 0.2) is 50.5 Å². The molecule has 0 saturated carbocycles. The SMILES string of the molecule is O=S(=O)([O-])c1c(F)c(F)c(F)c(F)c1F.c1ccc([S+](c2ccc(OC3CCCCO3)cc2)c2ccc(OC3CCCCO3)cc2)cc1. The summed E-state index contributed by atoms with van der Waals surface area (Å²) in [5, 5.41) is 0. The van der Waals surface area contributed by atoms with Crippen molar-refractivity contribution in [3.8, 4) is 11.5 Å². The third-order valence-electron chi connectivity index (χ3n) is 7.33. The molecule has 4 aromatic carbocycles. The molecule has 6 rings (SSSR count). The van der Waals surface area contributed by atoms with E-state index in [9.17, 15) is 34.9 Å². The number of hydrogen-bond acceptors (Lipinski definition) is 7. The Morgan fingerprint density at radius 2 is 0.979 bits per heavy atom. The van der Waals surface area contributed by atoms with Crippen molar-refractivity contribution in [2.45, 2.75) is 70.7 Å². The molecule has 2 atom stereocenters. The predicted molar refractivity (Wildman–Crippen MR) is 164 cm³/mol. The first-order valence-corrected chi connectivity index (χ1v) is 17.7. The molecule has 0 radical (unpaired) electrons. The molecule has 0 aliphatic carbocycles. The van der Waals surface area contributed by atoms with E-state index in [4.69, 9.17) is 18.9 Å². The van der Waals surface area contributed by atoms with E-state index >= 15 is 0 Å². The largest absolute Gasteiger partial charge is 0.744 e. The molecule has 0 bridgehead atoms. The molecule has 2 aliphatic heterocycles. The lowest BCUT2D eigenvalue weighted by Crippen LogP contribution is -2.25. The van der Waals surface area contributed by atoms with E-state index in [0.29, 0.717) is 0 Å². The lowest BCUT2D eigenvalue weighted by molar-refractivity contribution is -0.106. The highest BCUT2D eigenvalue weighted by atomic mass is 32.2. The van der Waals surface area contributed by atoms with Crippen LogP contribution < -0.4 is 9.47 Å². The van der Waals surface area contributed by atoms with Crippen molar-refractivity contribution in [2.24, 2.45) is 0 Å². The van der Waals surface area contributed by atoms with Gasteiger partial charge in [0.05, 0.1) is 24.1 Å². The standard InChI is InChI=1S/C28H31O4S.C6HF5O3S/c1-2-8-24(9-3-1)33(25-16-12-22(13-17-25)31-27-10-4-6-20-29-27)26-18-14-23(15-19-26)32-28-11-5-7-21-30-28;7-1-2(8)4(10)6(15(12,13)14)5(11)3(1)9/h1-3,8-9,12-19,27-28H,4-7,10-11,20-21H2;(H,12,13,14)/q+1;/p-1. The van der Waals surface area contributed by atoms with Gasteiger partial charge in [0.25, 0.3) is 0 Å². The first-order valence-electron chi connectivity index (χ1n) is 15.1. The number of ether oxygens (including phenoxy) is 4. The van der Waals surface area contributed by atoms with Gasteiger partial charge in [-0.25, -0.2) is 30.4 Å². The van der Waals surface area contributed by atoms with E-state index in [1.54, 1.807) is 0 Å². The molecule has 2 aliphatic rings. The third kappa shape index (κ3) is 8.85. The number of rotatable bonds is 8. The second-order valence-corrected chi connectivity index (χ2v) is 14.1. The average Bonchev–Trinajstić information content (AvgIpc) is 3.09. The first-order chi connectivity index (χ1) is 23.0. The Bertz CT molecular complexity index is 1670. The van der Waals surface area contributed by atoms with Crippen LogP contribution in [-0.2, 0) is 30.5 Å². The molecular weight excluding hydrogens is 679 g/mol. The minimum atomic E-state index is -5.77. The zero-order valence-electron chi connectivity index (χ0n) is 25.4. The molecule has 2 unspecified atom stereocenters. The molecule has 0 aromatic heterocycles. The molecule has 0 amide bonds. The van der Waals surface area contributed by atoms with Gasteiger partial charge in [-0.05, 0) is 86.3 Å². The fraction of sp³-hybridized carbons (Fsp3) is 0.294. The van der Waals surface area contributed by atoms with Crippen molar-refractivity contribution >= 4 is 21.0 Å². The van der Waals surface area contributed by atoms with Crippen LogP contribution in [0.4, 0.5) is 22.0 Å². The Balaban J connectivity index is 0.000000253. The molecule has 2 heterocycles. The van der Waals surface area contributed by atoms with Crippen LogP contribution in [0.15, 0.2) is 98.4 Å².